The minimum atomic E-state index is -0.240. The zero-order valence-corrected chi connectivity index (χ0v) is 15.3. The van der Waals surface area contributed by atoms with E-state index in [1.54, 1.807) is 62.9 Å². The van der Waals surface area contributed by atoms with Crippen LogP contribution in [0.3, 0.4) is 0 Å². The van der Waals surface area contributed by atoms with Gasteiger partial charge >= 0.3 is 0 Å². The van der Waals surface area contributed by atoms with E-state index in [4.69, 9.17) is 13.9 Å². The molecule has 1 N–H and O–H groups in total. The molecule has 4 rings (SSSR count). The van der Waals surface area contributed by atoms with E-state index in [-0.39, 0.29) is 5.91 Å². The summed E-state index contributed by atoms with van der Waals surface area (Å²) < 4.78 is 16.4. The highest BCUT2D eigenvalue weighted by atomic mass is 16.5. The molecule has 28 heavy (non-hydrogen) atoms. The van der Waals surface area contributed by atoms with Crippen LogP contribution in [0.15, 0.2) is 65.3 Å². The summed E-state index contributed by atoms with van der Waals surface area (Å²) in [6.45, 7) is 0. The first-order valence-electron chi connectivity index (χ1n) is 8.52. The molecule has 0 fully saturated rings. The van der Waals surface area contributed by atoms with Gasteiger partial charge in [-0.25, -0.2) is 4.98 Å². The number of nitrogens with one attached hydrogen (secondary N) is 1. The molecule has 7 heteroatoms. The molecule has 0 aliphatic heterocycles. The normalized spacial score (nSPS) is 10.6. The molecule has 2 heterocycles. The molecule has 0 bridgehead atoms. The Morgan fingerprint density at radius 3 is 2.64 bits per heavy atom. The highest BCUT2D eigenvalue weighted by molar-refractivity contribution is 6.04. The summed E-state index contributed by atoms with van der Waals surface area (Å²) in [5.41, 5.74) is 3.11. The molecule has 4 aromatic rings. The van der Waals surface area contributed by atoms with Crippen LogP contribution in [0.2, 0.25) is 0 Å². The van der Waals surface area contributed by atoms with Crippen LogP contribution in [0.1, 0.15) is 10.4 Å². The van der Waals surface area contributed by atoms with Crippen LogP contribution in [0.4, 0.5) is 5.69 Å². The first-order valence-corrected chi connectivity index (χ1v) is 8.52. The molecule has 2 aromatic carbocycles. The largest absolute Gasteiger partial charge is 0.493 e. The monoisotopic (exact) mass is 375 g/mol. The van der Waals surface area contributed by atoms with Crippen molar-refractivity contribution >= 4 is 22.7 Å². The number of nitrogens with zero attached hydrogens (tertiary/aromatic N) is 2. The maximum absolute atomic E-state index is 12.3. The van der Waals surface area contributed by atoms with Crippen molar-refractivity contribution in [1.82, 2.24) is 9.97 Å². The van der Waals surface area contributed by atoms with Gasteiger partial charge in [0.15, 0.2) is 17.1 Å². The first kappa shape index (κ1) is 17.5. The number of ether oxygens (including phenoxy) is 2. The molecular weight excluding hydrogens is 358 g/mol. The summed E-state index contributed by atoms with van der Waals surface area (Å²) in [6, 6.07) is 14.1. The third-order valence-corrected chi connectivity index (χ3v) is 4.20. The van der Waals surface area contributed by atoms with E-state index in [2.05, 4.69) is 15.3 Å². The Morgan fingerprint density at radius 2 is 1.89 bits per heavy atom. The predicted molar refractivity (Wildman–Crippen MR) is 105 cm³/mol. The fourth-order valence-electron chi connectivity index (χ4n) is 2.80. The van der Waals surface area contributed by atoms with Crippen LogP contribution in [0, 0.1) is 0 Å². The van der Waals surface area contributed by atoms with Crippen LogP contribution in [-0.4, -0.2) is 30.1 Å². The van der Waals surface area contributed by atoms with Gasteiger partial charge in [0.2, 0.25) is 5.89 Å². The molecule has 140 valence electrons. The van der Waals surface area contributed by atoms with E-state index in [0.717, 1.165) is 5.56 Å². The summed E-state index contributed by atoms with van der Waals surface area (Å²) in [5, 5.41) is 2.84. The number of methoxy groups -OCH3 is 2. The Labute approximate surface area is 160 Å². The standard InChI is InChI=1S/C21H17N3O4/c1-26-18-7-5-13(10-19(18)27-2)21-24-16-11-15(6-8-17(16)28-21)23-20(25)14-4-3-9-22-12-14/h3-12H,1-2H3,(H,23,25). The topological polar surface area (TPSA) is 86.5 Å². The van der Waals surface area contributed by atoms with Crippen molar-refractivity contribution in [2.24, 2.45) is 0 Å². The van der Waals surface area contributed by atoms with E-state index in [1.165, 1.54) is 6.20 Å². The first-order chi connectivity index (χ1) is 13.7. The maximum Gasteiger partial charge on any atom is 0.257 e. The minimum Gasteiger partial charge on any atom is -0.493 e. The second-order valence-electron chi connectivity index (χ2n) is 5.97. The Morgan fingerprint density at radius 1 is 1.04 bits per heavy atom. The SMILES string of the molecule is COc1ccc(-c2nc3cc(NC(=O)c4cccnc4)ccc3o2)cc1OC. The van der Waals surface area contributed by atoms with Gasteiger partial charge in [-0.2, -0.15) is 0 Å². The van der Waals surface area contributed by atoms with Crippen LogP contribution in [0.25, 0.3) is 22.6 Å². The third kappa shape index (κ3) is 3.37. The molecular formula is C21H17N3O4. The smallest absolute Gasteiger partial charge is 0.257 e. The number of anilines is 1. The number of rotatable bonds is 5. The third-order valence-electron chi connectivity index (χ3n) is 4.20. The fourth-order valence-corrected chi connectivity index (χ4v) is 2.80. The van der Waals surface area contributed by atoms with Gasteiger partial charge in [0.05, 0.1) is 19.8 Å². The Bertz CT molecular complexity index is 1140. The quantitative estimate of drug-likeness (QED) is 0.564. The lowest BCUT2D eigenvalue weighted by molar-refractivity contribution is 0.102. The molecule has 7 nitrogen and oxygen atoms in total. The number of carbonyl (C=O) groups excluding carboxylic acids is 1. The van der Waals surface area contributed by atoms with Gasteiger partial charge in [-0.1, -0.05) is 0 Å². The zero-order valence-electron chi connectivity index (χ0n) is 15.3. The molecule has 0 saturated carbocycles. The van der Waals surface area contributed by atoms with Gasteiger partial charge in [0.1, 0.15) is 5.52 Å². The molecule has 0 radical (unpaired) electrons. The van der Waals surface area contributed by atoms with Crippen molar-refractivity contribution in [2.75, 3.05) is 19.5 Å². The van der Waals surface area contributed by atoms with Crippen molar-refractivity contribution in [1.29, 1.82) is 0 Å². The molecule has 0 saturated heterocycles. The van der Waals surface area contributed by atoms with E-state index < -0.39 is 0 Å². The van der Waals surface area contributed by atoms with E-state index >= 15 is 0 Å². The summed E-state index contributed by atoms with van der Waals surface area (Å²) in [4.78, 5) is 20.8. The van der Waals surface area contributed by atoms with E-state index in [1.807, 2.05) is 6.07 Å². The van der Waals surface area contributed by atoms with Crippen molar-refractivity contribution in [3.63, 3.8) is 0 Å². The number of hydrogen-bond acceptors (Lipinski definition) is 6. The molecule has 0 spiro atoms. The van der Waals surface area contributed by atoms with Gasteiger partial charge in [-0.15, -0.1) is 0 Å². The maximum atomic E-state index is 12.3. The molecule has 1 amide bonds. The van der Waals surface area contributed by atoms with Gasteiger partial charge in [0.25, 0.3) is 5.91 Å². The molecule has 0 aliphatic carbocycles. The number of carbonyl (C=O) groups is 1. The Kier molecular flexibility index (Phi) is 4.63. The van der Waals surface area contributed by atoms with Crippen molar-refractivity contribution < 1.29 is 18.7 Å². The number of hydrogen-bond donors (Lipinski definition) is 1. The van der Waals surface area contributed by atoms with E-state index in [0.29, 0.717) is 39.7 Å². The van der Waals surface area contributed by atoms with Gasteiger partial charge in [-0.05, 0) is 48.5 Å². The van der Waals surface area contributed by atoms with Crippen molar-refractivity contribution in [3.8, 4) is 23.0 Å². The predicted octanol–water partition coefficient (Wildman–Crippen LogP) is 4.16. The highest BCUT2D eigenvalue weighted by Crippen LogP contribution is 2.33. The Hall–Kier alpha value is -3.87. The second kappa shape index (κ2) is 7.40. The van der Waals surface area contributed by atoms with Crippen LogP contribution in [0.5, 0.6) is 11.5 Å². The molecule has 0 unspecified atom stereocenters. The molecule has 0 aliphatic rings. The average molecular weight is 375 g/mol. The fraction of sp³-hybridized carbons (Fsp3) is 0.0952. The summed E-state index contributed by atoms with van der Waals surface area (Å²) in [5.74, 6) is 1.43. The van der Waals surface area contributed by atoms with Crippen molar-refractivity contribution in [3.05, 3.63) is 66.5 Å². The number of amides is 1. The lowest BCUT2D eigenvalue weighted by Crippen LogP contribution is -2.11. The summed E-state index contributed by atoms with van der Waals surface area (Å²) >= 11 is 0. The molecule has 0 atom stereocenters. The summed E-state index contributed by atoms with van der Waals surface area (Å²) in [6.07, 6.45) is 3.13. The Balaban J connectivity index is 1.63. The number of fused-ring (bicyclic) bond motifs is 1. The van der Waals surface area contributed by atoms with Crippen molar-refractivity contribution in [2.45, 2.75) is 0 Å². The van der Waals surface area contributed by atoms with Gasteiger partial charge in [0, 0.05) is 23.6 Å². The highest BCUT2D eigenvalue weighted by Gasteiger charge is 2.13. The lowest BCUT2D eigenvalue weighted by atomic mass is 10.2. The number of aromatic nitrogens is 2. The number of benzene rings is 2. The van der Waals surface area contributed by atoms with Crippen LogP contribution >= 0.6 is 0 Å². The molecule has 2 aromatic heterocycles. The minimum absolute atomic E-state index is 0.240. The summed E-state index contributed by atoms with van der Waals surface area (Å²) in [7, 11) is 3.16. The second-order valence-corrected chi connectivity index (χ2v) is 5.97. The lowest BCUT2D eigenvalue weighted by Gasteiger charge is -2.07. The van der Waals surface area contributed by atoms with Crippen LogP contribution in [-0.2, 0) is 0 Å². The van der Waals surface area contributed by atoms with E-state index in [9.17, 15) is 4.79 Å². The number of oxazole rings is 1. The number of pyridine rings is 1. The zero-order chi connectivity index (χ0) is 19.5. The van der Waals surface area contributed by atoms with Gasteiger partial charge < -0.3 is 19.2 Å². The van der Waals surface area contributed by atoms with Gasteiger partial charge in [-0.3, -0.25) is 9.78 Å². The average Bonchev–Trinajstić information content (AvgIpc) is 3.17. The van der Waals surface area contributed by atoms with Crippen LogP contribution < -0.4 is 14.8 Å².